The molecule has 0 saturated carbocycles. The number of H-pyrrole nitrogens is 1. The lowest BCUT2D eigenvalue weighted by Crippen LogP contribution is -2.20. The molecule has 0 spiro atoms. The van der Waals surface area contributed by atoms with Gasteiger partial charge in [0.1, 0.15) is 23.2 Å². The van der Waals surface area contributed by atoms with Gasteiger partial charge in [0.15, 0.2) is 23.0 Å². The minimum Gasteiger partial charge on any atom is -0.477 e. The molecule has 134 heavy (non-hydrogen) atoms. The number of nitrogens with zero attached hydrogens (tertiary/aromatic N) is 21. The summed E-state index contributed by atoms with van der Waals surface area (Å²) in [6, 6.07) is 57.3. The number of esters is 3. The molecule has 0 fully saturated rings. The maximum absolute atomic E-state index is 12.3. The number of nitro benzene ring substituents is 4. The molecule has 12 aromatic heterocycles. The van der Waals surface area contributed by atoms with Gasteiger partial charge in [0.2, 0.25) is 5.78 Å². The number of ketones is 3. The van der Waals surface area contributed by atoms with Crippen LogP contribution >= 0.6 is 0 Å². The average molecular weight is 1810 g/mol. The van der Waals surface area contributed by atoms with Gasteiger partial charge in [0.25, 0.3) is 28.7 Å². The number of non-ortho nitro benzene ring substituents is 4. The van der Waals surface area contributed by atoms with E-state index in [1.54, 1.807) is 186 Å². The third-order valence-electron chi connectivity index (χ3n) is 17.9. The van der Waals surface area contributed by atoms with E-state index in [2.05, 4.69) is 76.3 Å². The molecule has 16 aromatic rings. The van der Waals surface area contributed by atoms with Crippen molar-refractivity contribution in [2.24, 2.45) is 5.73 Å². The quantitative estimate of drug-likeness (QED) is 0.00909. The molecule has 0 bridgehead atoms. The number of carboxylic acids is 1. The Morgan fingerprint density at radius 1 is 0.403 bits per heavy atom. The fourth-order valence-electron chi connectivity index (χ4n) is 11.5. The molecule has 0 saturated heterocycles. The Hall–Kier alpha value is -19.6. The third-order valence-corrected chi connectivity index (χ3v) is 17.9. The van der Waals surface area contributed by atoms with Gasteiger partial charge in [0, 0.05) is 180 Å². The molecule has 0 radical (unpaired) electrons. The van der Waals surface area contributed by atoms with E-state index in [4.69, 9.17) is 15.2 Å². The van der Waals surface area contributed by atoms with Crippen molar-refractivity contribution in [3.63, 3.8) is 0 Å². The standard InChI is InChI=1S/C17H14N4O4.C15H11N5O3.C15H9N5O2.C15H10N4O4.C11H11N3O2.C11H11NO4.C7H7NO/c1-2-25-17(22)16-10-15(12-4-3-9-18-11-12)19-20(16)13-5-7-14(8-6-13)21(23)24;16-15(21)14-8-13(10-2-1-7-17-9-10)18-19(14)11-3-5-12(6-4-11)20(22)23;16-9-14-8-15(11-2-1-7-17-10-11)18-19(14)12-3-5-13(6-4-12)20(21)22;20-15(21)14-8-13(10-2-1-7-16-9-10)17-18(14)11-3-5-12(6-4-11)19(22)23;1-2-16-11(15)10-6-9(13-14-10)8-4-3-5-12-7-8;1-2-16-11(15)10(14)6-9(13)8-4-3-5-12-7-8;1-6(9)7-3-2-4-8-5-7/h3-11H,2H2,1H3;1-9H,(H2,16,21);1-8,10H;1-9H,(H,20,21);3-7H,2H2,1H3,(H,13,14);3-5,7H,2,6H2,1H3;2-5H,1H3. The van der Waals surface area contributed by atoms with Crippen LogP contribution in [0.1, 0.15) is 102 Å². The summed E-state index contributed by atoms with van der Waals surface area (Å²) in [5, 5.41) is 85.6. The van der Waals surface area contributed by atoms with Gasteiger partial charge in [-0.05, 0) is 185 Å². The Labute approximate surface area is 757 Å². The minimum absolute atomic E-state index is 0.0121. The van der Waals surface area contributed by atoms with Gasteiger partial charge in [-0.15, -0.1) is 0 Å². The van der Waals surface area contributed by atoms with Crippen molar-refractivity contribution in [2.45, 2.75) is 34.1 Å². The van der Waals surface area contributed by atoms with Crippen molar-refractivity contribution in [2.75, 3.05) is 19.8 Å². The molecule has 0 aliphatic carbocycles. The van der Waals surface area contributed by atoms with Crippen LogP contribution in [0.2, 0.25) is 0 Å². The van der Waals surface area contributed by atoms with Crippen LogP contribution in [0.4, 0.5) is 22.7 Å². The van der Waals surface area contributed by atoms with E-state index >= 15 is 0 Å². The second-order valence-corrected chi connectivity index (χ2v) is 26.8. The number of nitrogens with two attached hydrogens (primary N) is 1. The average Bonchev–Trinajstić information content (AvgIpc) is 1.66. The van der Waals surface area contributed by atoms with E-state index in [0.29, 0.717) is 85.9 Å². The summed E-state index contributed by atoms with van der Waals surface area (Å²) in [6.07, 6.45) is 22.0. The van der Waals surface area contributed by atoms with Crippen LogP contribution in [0, 0.1) is 51.8 Å². The molecule has 16 rings (SSSR count). The van der Waals surface area contributed by atoms with Gasteiger partial charge in [-0.2, -0.15) is 30.8 Å². The predicted molar refractivity (Wildman–Crippen MR) is 477 cm³/mol. The Bertz CT molecular complexity index is 6680. The van der Waals surface area contributed by atoms with Crippen molar-refractivity contribution in [1.82, 2.24) is 84.2 Å². The van der Waals surface area contributed by atoms with Crippen molar-refractivity contribution in [1.29, 1.82) is 5.26 Å². The SMILES string of the molecule is CC(=O)c1cccnc1.CCOC(=O)C(=O)CC(=O)c1cccnc1.CCOC(=O)c1cc(-c2cccnc2)n[nH]1.CCOC(=O)c1cc(-c2cccnc2)nn1-c1ccc([N+](=O)[O-])cc1.N#Cc1cc(-c2cccnc2)nn1-c1ccc([N+](=O)[O-])cc1.NC(=O)c1cc(-c2cccnc2)nn1-c1ccc([N+](=O)[O-])cc1.O=C(O)c1cc(-c2cccnc2)nn1-c1ccc([N+](=O)[O-])cc1. The number of aromatic nitrogens is 17. The summed E-state index contributed by atoms with van der Waals surface area (Å²) in [7, 11) is 0. The second kappa shape index (κ2) is 47.7. The highest BCUT2D eigenvalue weighted by atomic mass is 16.6. The number of hydrogen-bond donors (Lipinski definition) is 3. The van der Waals surface area contributed by atoms with Gasteiger partial charge in [-0.25, -0.2) is 37.9 Å². The number of aromatic amines is 1. The first-order valence-corrected chi connectivity index (χ1v) is 39.5. The maximum atomic E-state index is 12.3. The second-order valence-electron chi connectivity index (χ2n) is 26.8. The predicted octanol–water partition coefficient (Wildman–Crippen LogP) is 13.9. The van der Waals surface area contributed by atoms with Gasteiger partial charge in [-0.1, -0.05) is 0 Å². The number of carboxylic acid groups (broad SMARTS) is 1. The summed E-state index contributed by atoms with van der Waals surface area (Å²) in [4.78, 5) is 159. The molecule has 0 aliphatic rings. The Balaban J connectivity index is 0.000000164. The number of Topliss-reactive ketones (excluding diaryl/α,β-unsaturated/α-hetero) is 3. The maximum Gasteiger partial charge on any atom is 0.375 e. The normalized spacial score (nSPS) is 10.1. The number of rotatable bonds is 25. The molecule has 1 amide bonds. The first kappa shape index (κ1) is 96.6. The molecular weight excluding hydrogens is 1740 g/mol. The Morgan fingerprint density at radius 3 is 1.05 bits per heavy atom. The van der Waals surface area contributed by atoms with Gasteiger partial charge in [0.05, 0.1) is 97.2 Å². The molecule has 4 aromatic carbocycles. The van der Waals surface area contributed by atoms with E-state index in [1.807, 2.05) is 24.3 Å². The van der Waals surface area contributed by atoms with Crippen LogP contribution in [0.15, 0.2) is 299 Å². The van der Waals surface area contributed by atoms with E-state index < -0.39 is 67.5 Å². The van der Waals surface area contributed by atoms with E-state index in [-0.39, 0.29) is 58.8 Å². The Morgan fingerprint density at radius 2 is 0.724 bits per heavy atom. The number of ether oxygens (including phenoxy) is 3. The van der Waals surface area contributed by atoms with E-state index in [0.717, 1.165) is 22.3 Å². The lowest BCUT2D eigenvalue weighted by molar-refractivity contribution is -0.385. The summed E-state index contributed by atoms with van der Waals surface area (Å²) >= 11 is 0. The van der Waals surface area contributed by atoms with E-state index in [9.17, 15) is 89.2 Å². The monoisotopic (exact) mass is 1810 g/mol. The number of hydrogen-bond acceptors (Lipinski definition) is 32. The minimum atomic E-state index is -1.15. The van der Waals surface area contributed by atoms with Gasteiger partial charge >= 0.3 is 23.9 Å². The molecule has 43 nitrogen and oxygen atoms in total. The number of pyridine rings is 7. The molecule has 0 aliphatic heterocycles. The summed E-state index contributed by atoms with van der Waals surface area (Å²) in [5.41, 5.74) is 15.9. The topological polar surface area (TPSA) is 597 Å². The highest BCUT2D eigenvalue weighted by Crippen LogP contribution is 2.29. The number of carbonyl (C=O) groups is 8. The highest BCUT2D eigenvalue weighted by molar-refractivity contribution is 6.38. The Kier molecular flexibility index (Phi) is 34.4. The lowest BCUT2D eigenvalue weighted by Gasteiger charge is -2.06. The van der Waals surface area contributed by atoms with Crippen LogP contribution in [0.3, 0.4) is 0 Å². The number of nitrogens with one attached hydrogen (secondary N) is 1. The third kappa shape index (κ3) is 26.8. The zero-order valence-corrected chi connectivity index (χ0v) is 70.8. The number of primary amides is 1. The zero-order valence-electron chi connectivity index (χ0n) is 70.8. The molecule has 0 atom stereocenters. The summed E-state index contributed by atoms with van der Waals surface area (Å²) < 4.78 is 19.9. The molecular formula is C91H73N23O20. The number of aromatic carboxylic acids is 1. The lowest BCUT2D eigenvalue weighted by atomic mass is 10.1. The number of carbonyl (C=O) groups excluding carboxylic acids is 7. The number of nitriles is 1. The highest BCUT2D eigenvalue weighted by Gasteiger charge is 2.25. The number of nitro groups is 4. The van der Waals surface area contributed by atoms with Crippen molar-refractivity contribution < 1.29 is 77.4 Å². The van der Waals surface area contributed by atoms with Crippen LogP contribution < -0.4 is 5.73 Å². The molecule has 12 heterocycles. The first-order valence-electron chi connectivity index (χ1n) is 39.5. The largest absolute Gasteiger partial charge is 0.477 e. The van der Waals surface area contributed by atoms with Crippen molar-refractivity contribution in [3.05, 3.63) is 379 Å². The summed E-state index contributed by atoms with van der Waals surface area (Å²) in [6.45, 7) is 7.28. The fraction of sp³-hybridized carbons (Fsp3) is 0.0879. The van der Waals surface area contributed by atoms with Crippen molar-refractivity contribution >= 4 is 69.9 Å². The first-order chi connectivity index (χ1) is 64.7. The smallest absolute Gasteiger partial charge is 0.375 e. The molecule has 0 unspecified atom stereocenters. The zero-order chi connectivity index (χ0) is 96.2. The molecule has 43 heteroatoms. The van der Waals surface area contributed by atoms with Crippen LogP contribution in [-0.2, 0) is 23.8 Å². The van der Waals surface area contributed by atoms with Crippen LogP contribution in [-0.4, -0.2) is 176 Å². The van der Waals surface area contributed by atoms with Gasteiger partial charge < -0.3 is 25.1 Å². The van der Waals surface area contributed by atoms with E-state index in [1.165, 1.54) is 135 Å². The molecule has 4 N–H and O–H groups in total. The van der Waals surface area contributed by atoms with Crippen LogP contribution in [0.25, 0.3) is 79.0 Å². The number of benzene rings is 4. The molecule has 672 valence electrons. The summed E-state index contributed by atoms with van der Waals surface area (Å²) in [5.74, 6) is -4.91. The van der Waals surface area contributed by atoms with Crippen LogP contribution in [0.5, 0.6) is 0 Å². The van der Waals surface area contributed by atoms with Gasteiger partial charge in [-0.3, -0.25) is 99.6 Å². The fourth-order valence-corrected chi connectivity index (χ4v) is 11.5. The van der Waals surface area contributed by atoms with Crippen molar-refractivity contribution in [3.8, 4) is 85.1 Å². The number of amides is 1.